The van der Waals surface area contributed by atoms with Gasteiger partial charge in [-0.15, -0.1) is 0 Å². The maximum absolute atomic E-state index is 12.7. The van der Waals surface area contributed by atoms with Crippen LogP contribution in [0.1, 0.15) is 10.4 Å². The third-order valence-electron chi connectivity index (χ3n) is 3.69. The van der Waals surface area contributed by atoms with E-state index in [-0.39, 0.29) is 12.7 Å². The molecule has 1 amide bonds. The van der Waals surface area contributed by atoms with Gasteiger partial charge >= 0.3 is 0 Å². The maximum atomic E-state index is 12.7. The van der Waals surface area contributed by atoms with Crippen LogP contribution in [0.2, 0.25) is 5.02 Å². The number of nitrogens with zero attached hydrogens (tertiary/aromatic N) is 1. The molecule has 0 spiro atoms. The second-order valence-corrected chi connectivity index (χ2v) is 6.85. The van der Waals surface area contributed by atoms with Crippen LogP contribution in [0, 0.1) is 0 Å². The molecule has 2 aromatic carbocycles. The fourth-order valence-corrected chi connectivity index (χ4v) is 3.61. The summed E-state index contributed by atoms with van der Waals surface area (Å²) in [6.45, 7) is 0.188. The van der Waals surface area contributed by atoms with E-state index in [1.807, 2.05) is 18.2 Å². The first kappa shape index (κ1) is 16.8. The van der Waals surface area contributed by atoms with Gasteiger partial charge in [0, 0.05) is 22.8 Å². The summed E-state index contributed by atoms with van der Waals surface area (Å²) in [4.78, 5) is 17.9. The number of pyridine rings is 1. The number of halogens is 1. The molecule has 4 rings (SSSR count). The zero-order valence-electron chi connectivity index (χ0n) is 13.4. The van der Waals surface area contributed by atoms with Crippen molar-refractivity contribution >= 4 is 35.0 Å². The molecule has 0 aliphatic carbocycles. The highest BCUT2D eigenvalue weighted by molar-refractivity contribution is 7.99. The van der Waals surface area contributed by atoms with E-state index in [1.54, 1.807) is 42.6 Å². The van der Waals surface area contributed by atoms with E-state index in [1.165, 1.54) is 11.8 Å². The molecule has 0 atom stereocenters. The van der Waals surface area contributed by atoms with Crippen molar-refractivity contribution < 1.29 is 14.3 Å². The molecule has 3 aromatic rings. The second-order valence-electron chi connectivity index (χ2n) is 5.41. The number of anilines is 1. The first-order chi connectivity index (χ1) is 12.7. The molecule has 130 valence electrons. The molecule has 1 aromatic heterocycles. The summed E-state index contributed by atoms with van der Waals surface area (Å²) in [7, 11) is 0. The number of carbonyl (C=O) groups excluding carboxylic acids is 1. The maximum Gasteiger partial charge on any atom is 0.258 e. The van der Waals surface area contributed by atoms with E-state index in [9.17, 15) is 4.79 Å². The van der Waals surface area contributed by atoms with Crippen LogP contribution < -0.4 is 14.8 Å². The molecule has 0 radical (unpaired) electrons. The summed E-state index contributed by atoms with van der Waals surface area (Å²) >= 11 is 7.57. The van der Waals surface area contributed by atoms with Gasteiger partial charge in [0.25, 0.3) is 5.91 Å². The number of rotatable bonds is 4. The van der Waals surface area contributed by atoms with Crippen molar-refractivity contribution in [2.75, 3.05) is 12.1 Å². The molecule has 0 unspecified atom stereocenters. The van der Waals surface area contributed by atoms with Crippen LogP contribution in [0.3, 0.4) is 0 Å². The summed E-state index contributed by atoms with van der Waals surface area (Å²) in [6.07, 6.45) is 1.65. The first-order valence-electron chi connectivity index (χ1n) is 7.79. The Morgan fingerprint density at radius 2 is 1.92 bits per heavy atom. The summed E-state index contributed by atoms with van der Waals surface area (Å²) in [5.74, 6) is 1.02. The number of amides is 1. The third kappa shape index (κ3) is 3.47. The van der Waals surface area contributed by atoms with Gasteiger partial charge in [0.05, 0.1) is 10.6 Å². The zero-order valence-corrected chi connectivity index (χ0v) is 15.0. The topological polar surface area (TPSA) is 60.5 Å². The van der Waals surface area contributed by atoms with Crippen LogP contribution in [0.5, 0.6) is 11.5 Å². The van der Waals surface area contributed by atoms with Crippen LogP contribution in [0.25, 0.3) is 0 Å². The minimum Gasteiger partial charge on any atom is -0.454 e. The summed E-state index contributed by atoms with van der Waals surface area (Å²) < 4.78 is 10.6. The quantitative estimate of drug-likeness (QED) is 0.695. The summed E-state index contributed by atoms with van der Waals surface area (Å²) in [6, 6.07) is 16.2. The third-order valence-corrected chi connectivity index (χ3v) is 5.23. The Morgan fingerprint density at radius 1 is 1.08 bits per heavy atom. The SMILES string of the molecule is O=C(Nc1ccc2c(c1)OCO2)c1cccnc1Sc1ccccc1Cl. The van der Waals surface area contributed by atoms with E-state index < -0.39 is 0 Å². The lowest BCUT2D eigenvalue weighted by atomic mass is 10.2. The minimum atomic E-state index is -0.258. The Labute approximate surface area is 159 Å². The number of fused-ring (bicyclic) bond motifs is 1. The lowest BCUT2D eigenvalue weighted by Crippen LogP contribution is -2.13. The Balaban J connectivity index is 1.57. The zero-order chi connectivity index (χ0) is 17.9. The number of nitrogens with one attached hydrogen (secondary N) is 1. The van der Waals surface area contributed by atoms with Crippen molar-refractivity contribution in [1.82, 2.24) is 4.98 Å². The molecular weight excluding hydrogens is 372 g/mol. The molecule has 0 bridgehead atoms. The molecule has 1 aliphatic heterocycles. The van der Waals surface area contributed by atoms with Gasteiger partial charge in [-0.05, 0) is 36.4 Å². The van der Waals surface area contributed by atoms with Crippen molar-refractivity contribution in [3.8, 4) is 11.5 Å². The number of carbonyl (C=O) groups is 1. The molecular formula is C19H13ClN2O3S. The minimum absolute atomic E-state index is 0.188. The number of hydrogen-bond acceptors (Lipinski definition) is 5. The highest BCUT2D eigenvalue weighted by atomic mass is 35.5. The Hall–Kier alpha value is -2.70. The Morgan fingerprint density at radius 3 is 2.81 bits per heavy atom. The van der Waals surface area contributed by atoms with E-state index in [0.717, 1.165) is 4.90 Å². The number of aromatic nitrogens is 1. The predicted octanol–water partition coefficient (Wildman–Crippen LogP) is 4.87. The first-order valence-corrected chi connectivity index (χ1v) is 8.98. The van der Waals surface area contributed by atoms with Crippen LogP contribution in [0.15, 0.2) is 70.7 Å². The highest BCUT2D eigenvalue weighted by Crippen LogP contribution is 2.36. The summed E-state index contributed by atoms with van der Waals surface area (Å²) in [5, 5.41) is 4.07. The van der Waals surface area contributed by atoms with E-state index in [4.69, 9.17) is 21.1 Å². The normalized spacial score (nSPS) is 12.0. The Bertz CT molecular complexity index is 981. The predicted molar refractivity (Wildman–Crippen MR) is 100 cm³/mol. The van der Waals surface area contributed by atoms with Crippen molar-refractivity contribution in [1.29, 1.82) is 0 Å². The number of ether oxygens (including phenoxy) is 2. The smallest absolute Gasteiger partial charge is 0.258 e. The molecule has 1 aliphatic rings. The second kappa shape index (κ2) is 7.27. The van der Waals surface area contributed by atoms with E-state index in [0.29, 0.717) is 32.8 Å². The van der Waals surface area contributed by atoms with Crippen molar-refractivity contribution in [3.05, 3.63) is 71.4 Å². The van der Waals surface area contributed by atoms with Crippen LogP contribution in [0.4, 0.5) is 5.69 Å². The van der Waals surface area contributed by atoms with Crippen molar-refractivity contribution in [2.45, 2.75) is 9.92 Å². The molecule has 1 N–H and O–H groups in total. The van der Waals surface area contributed by atoms with Gasteiger partial charge in [0.15, 0.2) is 11.5 Å². The van der Waals surface area contributed by atoms with Gasteiger partial charge in [-0.1, -0.05) is 35.5 Å². The lowest BCUT2D eigenvalue weighted by Gasteiger charge is -2.10. The Kier molecular flexibility index (Phi) is 4.69. The fraction of sp³-hybridized carbons (Fsp3) is 0.0526. The van der Waals surface area contributed by atoms with Gasteiger partial charge in [-0.25, -0.2) is 4.98 Å². The van der Waals surface area contributed by atoms with Gasteiger partial charge in [-0.3, -0.25) is 4.79 Å². The van der Waals surface area contributed by atoms with Crippen LogP contribution in [-0.2, 0) is 0 Å². The highest BCUT2D eigenvalue weighted by Gasteiger charge is 2.17. The average Bonchev–Trinajstić information content (AvgIpc) is 3.12. The van der Waals surface area contributed by atoms with E-state index >= 15 is 0 Å². The standard InChI is InChI=1S/C19H13ClN2O3S/c20-14-5-1-2-6-17(14)26-19-13(4-3-9-21-19)18(23)22-12-7-8-15-16(10-12)25-11-24-15/h1-10H,11H2,(H,22,23). The lowest BCUT2D eigenvalue weighted by molar-refractivity contribution is 0.102. The fourth-order valence-electron chi connectivity index (χ4n) is 2.45. The van der Waals surface area contributed by atoms with Crippen LogP contribution >= 0.6 is 23.4 Å². The van der Waals surface area contributed by atoms with Crippen LogP contribution in [-0.4, -0.2) is 17.7 Å². The average molecular weight is 385 g/mol. The molecule has 0 fully saturated rings. The molecule has 0 saturated heterocycles. The van der Waals surface area contributed by atoms with Gasteiger partial charge in [0.2, 0.25) is 6.79 Å². The number of hydrogen-bond donors (Lipinski definition) is 1. The molecule has 0 saturated carbocycles. The monoisotopic (exact) mass is 384 g/mol. The van der Waals surface area contributed by atoms with E-state index in [2.05, 4.69) is 10.3 Å². The largest absolute Gasteiger partial charge is 0.454 e. The van der Waals surface area contributed by atoms with Crippen molar-refractivity contribution in [2.24, 2.45) is 0 Å². The van der Waals surface area contributed by atoms with Crippen molar-refractivity contribution in [3.63, 3.8) is 0 Å². The molecule has 26 heavy (non-hydrogen) atoms. The number of benzene rings is 2. The summed E-state index contributed by atoms with van der Waals surface area (Å²) in [5.41, 5.74) is 1.09. The molecule has 5 nitrogen and oxygen atoms in total. The molecule has 2 heterocycles. The molecule has 7 heteroatoms. The van der Waals surface area contributed by atoms with Gasteiger partial charge in [-0.2, -0.15) is 0 Å². The van der Waals surface area contributed by atoms with Gasteiger partial charge in [0.1, 0.15) is 5.03 Å². The van der Waals surface area contributed by atoms with Gasteiger partial charge < -0.3 is 14.8 Å².